The standard InChI is InChI=1S/C10H11BrClIN2/c1-15-4-2-3-7(15)6-5-14-10(12)8(11)9(6)13/h5,7H,2-4H2,1H3/t7-/m0/s1. The Morgan fingerprint density at radius 3 is 3.00 bits per heavy atom. The molecule has 2 nitrogen and oxygen atoms in total. The smallest absolute Gasteiger partial charge is 0.144 e. The second-order valence-electron chi connectivity index (χ2n) is 3.77. The normalized spacial score (nSPS) is 22.3. The van der Waals surface area contributed by atoms with Gasteiger partial charge >= 0.3 is 0 Å². The Hall–Kier alpha value is 0.610. The van der Waals surface area contributed by atoms with Crippen LogP contribution in [0.1, 0.15) is 24.4 Å². The van der Waals surface area contributed by atoms with Crippen molar-refractivity contribution in [3.8, 4) is 0 Å². The van der Waals surface area contributed by atoms with Crippen molar-refractivity contribution in [1.82, 2.24) is 9.88 Å². The van der Waals surface area contributed by atoms with Crippen LogP contribution in [0.25, 0.3) is 0 Å². The average Bonchev–Trinajstić information content (AvgIpc) is 2.62. The quantitative estimate of drug-likeness (QED) is 0.525. The van der Waals surface area contributed by atoms with Crippen molar-refractivity contribution in [2.75, 3.05) is 13.6 Å². The lowest BCUT2D eigenvalue weighted by Gasteiger charge is -2.21. The predicted molar refractivity (Wildman–Crippen MR) is 74.3 cm³/mol. The van der Waals surface area contributed by atoms with Gasteiger partial charge in [-0.3, -0.25) is 4.90 Å². The van der Waals surface area contributed by atoms with Crippen molar-refractivity contribution in [1.29, 1.82) is 0 Å². The second-order valence-corrected chi connectivity index (χ2v) is 6.00. The number of aromatic nitrogens is 1. The van der Waals surface area contributed by atoms with Crippen molar-refractivity contribution in [2.24, 2.45) is 0 Å². The molecule has 0 N–H and O–H groups in total. The van der Waals surface area contributed by atoms with Crippen LogP contribution < -0.4 is 0 Å². The highest BCUT2D eigenvalue weighted by atomic mass is 127. The predicted octanol–water partition coefficient (Wildman–Crippen LogP) is 3.87. The van der Waals surface area contributed by atoms with E-state index in [4.69, 9.17) is 11.6 Å². The third-order valence-corrected chi connectivity index (χ3v) is 6.01. The van der Waals surface area contributed by atoms with Crippen molar-refractivity contribution < 1.29 is 0 Å². The molecule has 0 bridgehead atoms. The zero-order valence-corrected chi connectivity index (χ0v) is 12.8. The monoisotopic (exact) mass is 400 g/mol. The summed E-state index contributed by atoms with van der Waals surface area (Å²) in [4.78, 5) is 6.58. The summed E-state index contributed by atoms with van der Waals surface area (Å²) in [6.07, 6.45) is 4.38. The topological polar surface area (TPSA) is 16.1 Å². The van der Waals surface area contributed by atoms with Crippen LogP contribution in [0, 0.1) is 3.57 Å². The van der Waals surface area contributed by atoms with Crippen LogP contribution in [-0.2, 0) is 0 Å². The molecule has 1 aliphatic heterocycles. The van der Waals surface area contributed by atoms with E-state index in [0.29, 0.717) is 11.2 Å². The minimum absolute atomic E-state index is 0.498. The van der Waals surface area contributed by atoms with E-state index in [1.165, 1.54) is 28.5 Å². The molecule has 1 saturated heterocycles. The molecule has 0 aliphatic carbocycles. The van der Waals surface area contributed by atoms with Crippen LogP contribution in [0.3, 0.4) is 0 Å². The summed E-state index contributed by atoms with van der Waals surface area (Å²) < 4.78 is 2.11. The van der Waals surface area contributed by atoms with Gasteiger partial charge in [0.1, 0.15) is 5.15 Å². The number of hydrogen-bond donors (Lipinski definition) is 0. The van der Waals surface area contributed by atoms with Crippen LogP contribution in [0.2, 0.25) is 5.15 Å². The summed E-state index contributed by atoms with van der Waals surface area (Å²) in [5.41, 5.74) is 1.28. The first kappa shape index (κ1) is 12.1. The van der Waals surface area contributed by atoms with Gasteiger partial charge < -0.3 is 0 Å². The molecule has 0 aromatic carbocycles. The molecule has 1 aromatic heterocycles. The number of pyridine rings is 1. The summed E-state index contributed by atoms with van der Waals surface area (Å²) in [5.74, 6) is 0. The lowest BCUT2D eigenvalue weighted by Crippen LogP contribution is -2.18. The third-order valence-electron chi connectivity index (χ3n) is 2.82. The van der Waals surface area contributed by atoms with E-state index in [0.717, 1.165) is 4.47 Å². The Morgan fingerprint density at radius 2 is 2.40 bits per heavy atom. The van der Waals surface area contributed by atoms with Crippen LogP contribution in [0.4, 0.5) is 0 Å². The number of likely N-dealkylation sites (tertiary alicyclic amines) is 1. The Kier molecular flexibility index (Phi) is 3.91. The number of rotatable bonds is 1. The van der Waals surface area contributed by atoms with Gasteiger partial charge in [-0.25, -0.2) is 4.98 Å². The summed E-state index contributed by atoms with van der Waals surface area (Å²) >= 11 is 11.8. The maximum absolute atomic E-state index is 5.95. The van der Waals surface area contributed by atoms with Crippen LogP contribution in [0.5, 0.6) is 0 Å². The van der Waals surface area contributed by atoms with Crippen LogP contribution in [0.15, 0.2) is 10.7 Å². The summed E-state index contributed by atoms with van der Waals surface area (Å²) in [6.45, 7) is 1.17. The molecular weight excluding hydrogens is 390 g/mol. The Morgan fingerprint density at radius 1 is 1.67 bits per heavy atom. The first-order valence-corrected chi connectivity index (χ1v) is 7.06. The van der Waals surface area contributed by atoms with Crippen molar-refractivity contribution >= 4 is 50.1 Å². The van der Waals surface area contributed by atoms with Gasteiger partial charge in [-0.15, -0.1) is 0 Å². The third kappa shape index (κ3) is 2.33. The van der Waals surface area contributed by atoms with Gasteiger partial charge in [0.05, 0.1) is 4.47 Å². The number of halogens is 3. The molecule has 82 valence electrons. The van der Waals surface area contributed by atoms with Crippen molar-refractivity contribution in [2.45, 2.75) is 18.9 Å². The molecule has 2 rings (SSSR count). The maximum atomic E-state index is 5.95. The Bertz CT molecular complexity index is 386. The lowest BCUT2D eigenvalue weighted by molar-refractivity contribution is 0.316. The zero-order valence-electron chi connectivity index (χ0n) is 8.30. The van der Waals surface area contributed by atoms with Gasteiger partial charge in [0.15, 0.2) is 0 Å². The number of nitrogens with zero attached hydrogens (tertiary/aromatic N) is 2. The molecule has 0 saturated carbocycles. The van der Waals surface area contributed by atoms with E-state index in [2.05, 4.69) is 55.5 Å². The van der Waals surface area contributed by atoms with E-state index < -0.39 is 0 Å². The number of hydrogen-bond acceptors (Lipinski definition) is 2. The van der Waals surface area contributed by atoms with E-state index in [9.17, 15) is 0 Å². The van der Waals surface area contributed by atoms with E-state index in [-0.39, 0.29) is 0 Å². The largest absolute Gasteiger partial charge is 0.299 e. The van der Waals surface area contributed by atoms with Gasteiger partial charge in [0, 0.05) is 21.4 Å². The molecule has 1 aliphatic rings. The van der Waals surface area contributed by atoms with Crippen molar-refractivity contribution in [3.63, 3.8) is 0 Å². The summed E-state index contributed by atoms with van der Waals surface area (Å²) in [5, 5.41) is 0.545. The van der Waals surface area contributed by atoms with Gasteiger partial charge in [-0.1, -0.05) is 11.6 Å². The van der Waals surface area contributed by atoms with Gasteiger partial charge in [-0.05, 0) is 65.0 Å². The summed E-state index contributed by atoms with van der Waals surface area (Å²) in [6, 6.07) is 0.498. The average molecular weight is 401 g/mol. The van der Waals surface area contributed by atoms with Gasteiger partial charge in [0.2, 0.25) is 0 Å². The second kappa shape index (κ2) is 4.85. The molecule has 0 amide bonds. The van der Waals surface area contributed by atoms with Gasteiger partial charge in [0.25, 0.3) is 0 Å². The highest BCUT2D eigenvalue weighted by Crippen LogP contribution is 2.37. The molecule has 0 spiro atoms. The molecule has 1 atom stereocenters. The van der Waals surface area contributed by atoms with Crippen LogP contribution in [-0.4, -0.2) is 23.5 Å². The van der Waals surface area contributed by atoms with E-state index in [1.54, 1.807) is 0 Å². The molecule has 5 heteroatoms. The fraction of sp³-hybridized carbons (Fsp3) is 0.500. The molecule has 2 heterocycles. The maximum Gasteiger partial charge on any atom is 0.144 e. The molecule has 1 fully saturated rings. The molecule has 15 heavy (non-hydrogen) atoms. The van der Waals surface area contributed by atoms with E-state index >= 15 is 0 Å². The fourth-order valence-corrected chi connectivity index (χ4v) is 3.38. The first-order chi connectivity index (χ1) is 7.11. The minimum atomic E-state index is 0.498. The molecule has 1 aromatic rings. The lowest BCUT2D eigenvalue weighted by atomic mass is 10.1. The summed E-state index contributed by atoms with van der Waals surface area (Å²) in [7, 11) is 2.16. The SMILES string of the molecule is CN1CCC[C@H]1c1cnc(Cl)c(Br)c1I. The highest BCUT2D eigenvalue weighted by molar-refractivity contribution is 14.1. The first-order valence-electron chi connectivity index (χ1n) is 4.81. The minimum Gasteiger partial charge on any atom is -0.299 e. The van der Waals surface area contributed by atoms with Crippen molar-refractivity contribution in [3.05, 3.63) is 25.0 Å². The Balaban J connectivity index is 2.40. The van der Waals surface area contributed by atoms with Gasteiger partial charge in [-0.2, -0.15) is 0 Å². The molecule has 0 radical (unpaired) electrons. The molecular formula is C10H11BrClIN2. The highest BCUT2D eigenvalue weighted by Gasteiger charge is 2.25. The molecule has 0 unspecified atom stereocenters. The van der Waals surface area contributed by atoms with E-state index in [1.807, 2.05) is 6.20 Å². The Labute approximate surface area is 117 Å². The zero-order chi connectivity index (χ0) is 11.0. The fourth-order valence-electron chi connectivity index (χ4n) is 1.99. The van der Waals surface area contributed by atoms with Crippen LogP contribution >= 0.6 is 50.1 Å².